The van der Waals surface area contributed by atoms with E-state index in [9.17, 15) is 9.59 Å². The summed E-state index contributed by atoms with van der Waals surface area (Å²) >= 11 is 0. The number of ether oxygens (including phenoxy) is 6. The van der Waals surface area contributed by atoms with E-state index in [4.69, 9.17) is 38.4 Å². The fourth-order valence-corrected chi connectivity index (χ4v) is 8.46. The molecular formula is C42H44N6O8. The maximum absolute atomic E-state index is 13.4. The van der Waals surface area contributed by atoms with Crippen molar-refractivity contribution in [2.24, 2.45) is 9.98 Å². The lowest BCUT2D eigenvalue weighted by atomic mass is 9.76. The van der Waals surface area contributed by atoms with Gasteiger partial charge in [-0.05, 0) is 74.0 Å². The molecule has 0 radical (unpaired) electrons. The molecule has 0 bridgehead atoms. The maximum Gasteiger partial charge on any atom is 0.417 e. The number of carbonyl (C=O) groups excluding carboxylic acids is 2. The van der Waals surface area contributed by atoms with Gasteiger partial charge in [0.1, 0.15) is 35.1 Å². The summed E-state index contributed by atoms with van der Waals surface area (Å²) in [6.45, 7) is 4.84. The van der Waals surface area contributed by atoms with Crippen molar-refractivity contribution in [3.05, 3.63) is 117 Å². The number of hydrogen-bond donors (Lipinski definition) is 0. The van der Waals surface area contributed by atoms with E-state index in [1.165, 1.54) is 0 Å². The predicted octanol–water partition coefficient (Wildman–Crippen LogP) is 5.54. The van der Waals surface area contributed by atoms with Gasteiger partial charge in [0.2, 0.25) is 0 Å². The second kappa shape index (κ2) is 16.0. The number of hydrogen-bond acceptors (Lipinski definition) is 14. The van der Waals surface area contributed by atoms with Gasteiger partial charge in [-0.1, -0.05) is 0 Å². The first-order valence-electron chi connectivity index (χ1n) is 19.2. The van der Waals surface area contributed by atoms with Crippen molar-refractivity contribution in [3.63, 3.8) is 0 Å². The highest BCUT2D eigenvalue weighted by Crippen LogP contribution is 2.45. The Hall–Kier alpha value is -5.92. The molecule has 2 fully saturated rings. The van der Waals surface area contributed by atoms with Crippen molar-refractivity contribution in [1.82, 2.24) is 19.9 Å². The summed E-state index contributed by atoms with van der Waals surface area (Å²) in [6, 6.07) is -0.274. The van der Waals surface area contributed by atoms with Gasteiger partial charge in [0.05, 0.1) is 63.3 Å². The van der Waals surface area contributed by atoms with Gasteiger partial charge in [-0.2, -0.15) is 0 Å². The number of carbonyl (C=O) groups is 2. The molecule has 0 aromatic carbocycles. The smallest absolute Gasteiger partial charge is 0.417 e. The van der Waals surface area contributed by atoms with Gasteiger partial charge in [-0.25, -0.2) is 9.59 Å². The van der Waals surface area contributed by atoms with Crippen molar-refractivity contribution < 1.29 is 38.0 Å². The molecule has 0 unspecified atom stereocenters. The number of aliphatic imine (C=N–C) groups is 2. The summed E-state index contributed by atoms with van der Waals surface area (Å²) in [7, 11) is 3.23. The minimum absolute atomic E-state index is 0.137. The first kappa shape index (κ1) is 37.0. The van der Waals surface area contributed by atoms with Crippen LogP contribution in [0.5, 0.6) is 0 Å². The minimum atomic E-state index is -0.995. The quantitative estimate of drug-likeness (QED) is 0.220. The fraction of sp³-hybridized carbons (Fsp3) is 0.429. The highest BCUT2D eigenvalue weighted by molar-refractivity contribution is 6.29. The molecule has 2 saturated carbocycles. The monoisotopic (exact) mass is 760 g/mol. The zero-order valence-electron chi connectivity index (χ0n) is 31.9. The molecule has 14 nitrogen and oxygen atoms in total. The van der Waals surface area contributed by atoms with Crippen molar-refractivity contribution in [3.8, 4) is 0 Å². The maximum atomic E-state index is 13.4. The Morgan fingerprint density at radius 2 is 1.09 bits per heavy atom. The second-order valence-electron chi connectivity index (χ2n) is 14.1. The van der Waals surface area contributed by atoms with Crippen LogP contribution in [-0.2, 0) is 38.0 Å². The number of methoxy groups -OCH3 is 2. The standard InChI is InChI=1S/C42H44N6O8/c1-5-53-37-17-25-27-15-23(7-9-31(27)47-39(29(25)19-35(37)51-3)33-21-43-11-13-45-33)55-41(49)42(50)56-24-8-10-32-28(16-24)26-18-38(54-6-2)36(52-4)20-30(26)40(48-32)34-22-44-12-14-46-34/h11-14,19-24,31-32H,5-10,15-18H2,1-4H3/t23-,24-,31-,32-/m1/s1. The van der Waals surface area contributed by atoms with Gasteiger partial charge in [0.15, 0.2) is 11.5 Å². The van der Waals surface area contributed by atoms with Gasteiger partial charge in [-0.15, -0.1) is 0 Å². The van der Waals surface area contributed by atoms with E-state index >= 15 is 0 Å². The van der Waals surface area contributed by atoms with Gasteiger partial charge in [0, 0.05) is 61.6 Å². The Morgan fingerprint density at radius 1 is 0.643 bits per heavy atom. The average molecular weight is 761 g/mol. The zero-order chi connectivity index (χ0) is 38.8. The first-order chi connectivity index (χ1) is 27.4. The van der Waals surface area contributed by atoms with Gasteiger partial charge in [-0.3, -0.25) is 29.9 Å². The molecule has 14 heteroatoms. The second-order valence-corrected chi connectivity index (χ2v) is 14.1. The van der Waals surface area contributed by atoms with Crippen LogP contribution in [0.15, 0.2) is 116 Å². The van der Waals surface area contributed by atoms with E-state index in [0.717, 1.165) is 56.4 Å². The lowest BCUT2D eigenvalue weighted by Crippen LogP contribution is -2.37. The Labute approximate surface area is 324 Å². The molecule has 0 N–H and O–H groups in total. The number of rotatable bonds is 10. The molecule has 2 aromatic heterocycles. The summed E-state index contributed by atoms with van der Waals surface area (Å²) in [5, 5.41) is 0. The molecular weight excluding hydrogens is 716 g/mol. The van der Waals surface area contributed by atoms with Crippen LogP contribution < -0.4 is 0 Å². The van der Waals surface area contributed by atoms with Gasteiger partial charge < -0.3 is 28.4 Å². The number of dihydropyridines is 2. The molecule has 56 heavy (non-hydrogen) atoms. The van der Waals surface area contributed by atoms with Crippen molar-refractivity contribution >= 4 is 23.4 Å². The predicted molar refractivity (Wildman–Crippen MR) is 203 cm³/mol. The first-order valence-corrected chi connectivity index (χ1v) is 19.2. The Morgan fingerprint density at radius 3 is 1.46 bits per heavy atom. The topological polar surface area (TPSA) is 166 Å². The van der Waals surface area contributed by atoms with Crippen LogP contribution in [0.4, 0.5) is 0 Å². The molecule has 0 spiro atoms. The van der Waals surface area contributed by atoms with Crippen molar-refractivity contribution in [1.29, 1.82) is 0 Å². The number of allylic oxidation sites excluding steroid dienone is 6. The summed E-state index contributed by atoms with van der Waals surface area (Å²) in [6.07, 6.45) is 17.0. The van der Waals surface area contributed by atoms with E-state index in [1.54, 1.807) is 51.4 Å². The molecule has 6 aliphatic rings. The molecule has 4 heterocycles. The lowest BCUT2D eigenvalue weighted by molar-refractivity contribution is -0.175. The largest absolute Gasteiger partial charge is 0.494 e. The van der Waals surface area contributed by atoms with Crippen LogP contribution in [-0.4, -0.2) is 95.0 Å². The third kappa shape index (κ3) is 7.15. The molecule has 4 aliphatic carbocycles. The van der Waals surface area contributed by atoms with E-state index in [-0.39, 0.29) is 12.1 Å². The average Bonchev–Trinajstić information content (AvgIpc) is 3.23. The third-order valence-corrected chi connectivity index (χ3v) is 10.9. The summed E-state index contributed by atoms with van der Waals surface area (Å²) in [4.78, 5) is 54.6. The number of fused-ring (bicyclic) bond motifs is 4. The summed E-state index contributed by atoms with van der Waals surface area (Å²) < 4.78 is 35.1. The molecule has 290 valence electrons. The summed E-state index contributed by atoms with van der Waals surface area (Å²) in [5.41, 5.74) is 8.75. The third-order valence-electron chi connectivity index (χ3n) is 10.9. The highest BCUT2D eigenvalue weighted by Gasteiger charge is 2.41. The van der Waals surface area contributed by atoms with Crippen molar-refractivity contribution in [2.45, 2.75) is 89.5 Å². The molecule has 4 atom stereocenters. The van der Waals surface area contributed by atoms with Crippen LogP contribution in [0.1, 0.15) is 76.6 Å². The van der Waals surface area contributed by atoms with E-state index < -0.39 is 24.1 Å². The molecule has 8 rings (SSSR count). The molecule has 0 saturated heterocycles. The number of aromatic nitrogens is 4. The Kier molecular flexibility index (Phi) is 10.6. The van der Waals surface area contributed by atoms with Crippen LogP contribution in [0.2, 0.25) is 0 Å². The SMILES string of the molecule is CCOC1=C(OC)C=C2C(c3cnccn3)=N[C@@H]3CC[C@@H](OC(=O)C(=O)O[C@@H]4CC[C@H]5N=C(c6cnccn6)C6=CC(OC)=C(OCC)CC6=C5C4)CC3=C2C1. The van der Waals surface area contributed by atoms with Crippen LogP contribution in [0.25, 0.3) is 0 Å². The Bertz CT molecular complexity index is 2010. The van der Waals surface area contributed by atoms with Gasteiger partial charge in [0.25, 0.3) is 0 Å². The lowest BCUT2D eigenvalue weighted by Gasteiger charge is -2.37. The molecule has 2 aliphatic heterocycles. The number of nitrogens with zero attached hydrogens (tertiary/aromatic N) is 6. The normalized spacial score (nSPS) is 24.3. The van der Waals surface area contributed by atoms with E-state index in [2.05, 4.69) is 19.9 Å². The Balaban J connectivity index is 0.981. The van der Waals surface area contributed by atoms with E-state index in [0.29, 0.717) is 87.5 Å². The minimum Gasteiger partial charge on any atom is -0.494 e. The van der Waals surface area contributed by atoms with Crippen LogP contribution in [0, 0.1) is 0 Å². The van der Waals surface area contributed by atoms with E-state index in [1.807, 2.05) is 26.0 Å². The fourth-order valence-electron chi connectivity index (χ4n) is 8.46. The molecule has 2 aromatic rings. The zero-order valence-corrected chi connectivity index (χ0v) is 31.9. The highest BCUT2D eigenvalue weighted by atomic mass is 16.6. The molecule has 0 amide bonds. The summed E-state index contributed by atoms with van der Waals surface area (Å²) in [5.74, 6) is 0.711. The van der Waals surface area contributed by atoms with Gasteiger partial charge >= 0.3 is 11.9 Å². The van der Waals surface area contributed by atoms with Crippen LogP contribution in [0.3, 0.4) is 0 Å². The van der Waals surface area contributed by atoms with Crippen LogP contribution >= 0.6 is 0 Å². The van der Waals surface area contributed by atoms with Crippen molar-refractivity contribution in [2.75, 3.05) is 27.4 Å². The number of esters is 2.